The molecule has 9 nitrogen and oxygen atoms in total. The van der Waals surface area contributed by atoms with Crippen LogP contribution in [-0.2, 0) is 25.7 Å². The van der Waals surface area contributed by atoms with Crippen molar-refractivity contribution in [3.8, 4) is 0 Å². The maximum absolute atomic E-state index is 12.8. The summed E-state index contributed by atoms with van der Waals surface area (Å²) in [5.41, 5.74) is 6.58. The van der Waals surface area contributed by atoms with Gasteiger partial charge in [0.05, 0.1) is 6.61 Å². The number of hydrogen-bond donors (Lipinski definition) is 4. The van der Waals surface area contributed by atoms with Gasteiger partial charge in [0.2, 0.25) is 11.8 Å². The van der Waals surface area contributed by atoms with Gasteiger partial charge in [-0.2, -0.15) is 0 Å². The molecule has 1 unspecified atom stereocenters. The second-order valence-electron chi connectivity index (χ2n) is 6.66. The summed E-state index contributed by atoms with van der Waals surface area (Å²) in [6.07, 6.45) is -0.241. The summed E-state index contributed by atoms with van der Waals surface area (Å²) in [6.45, 7) is 0.460. The molecule has 0 aliphatic carbocycles. The SMILES string of the molecule is CN[C@@H](N)C(=O)N[C@H]1CO[C@H]2CCC(C(=O)NCc3ccccc3)N2C1=O. The van der Waals surface area contributed by atoms with Gasteiger partial charge >= 0.3 is 0 Å². The average molecular weight is 375 g/mol. The number of hydrogen-bond acceptors (Lipinski definition) is 6. The van der Waals surface area contributed by atoms with Crippen LogP contribution in [0.4, 0.5) is 0 Å². The van der Waals surface area contributed by atoms with Crippen LogP contribution in [0.1, 0.15) is 18.4 Å². The molecule has 27 heavy (non-hydrogen) atoms. The highest BCUT2D eigenvalue weighted by Gasteiger charge is 2.47. The van der Waals surface area contributed by atoms with Gasteiger partial charge in [0.25, 0.3) is 5.91 Å². The topological polar surface area (TPSA) is 126 Å². The number of fused-ring (bicyclic) bond motifs is 1. The molecule has 0 saturated carbocycles. The zero-order valence-corrected chi connectivity index (χ0v) is 15.2. The van der Waals surface area contributed by atoms with E-state index in [1.807, 2.05) is 30.3 Å². The quantitative estimate of drug-likeness (QED) is 0.455. The predicted octanol–water partition coefficient (Wildman–Crippen LogP) is -1.36. The minimum absolute atomic E-state index is 0.0700. The van der Waals surface area contributed by atoms with Crippen LogP contribution in [0.15, 0.2) is 30.3 Å². The fourth-order valence-electron chi connectivity index (χ4n) is 3.35. The minimum Gasteiger partial charge on any atom is -0.356 e. The number of amides is 3. The summed E-state index contributed by atoms with van der Waals surface area (Å²) in [5, 5.41) is 8.06. The van der Waals surface area contributed by atoms with E-state index in [0.29, 0.717) is 19.4 Å². The molecule has 2 aliphatic heterocycles. The molecule has 2 heterocycles. The lowest BCUT2D eigenvalue weighted by molar-refractivity contribution is -0.167. The van der Waals surface area contributed by atoms with Crippen LogP contribution in [0.2, 0.25) is 0 Å². The number of nitrogens with two attached hydrogens (primary N) is 1. The number of nitrogens with one attached hydrogen (secondary N) is 3. The lowest BCUT2D eigenvalue weighted by Crippen LogP contribution is -2.63. The summed E-state index contributed by atoms with van der Waals surface area (Å²) >= 11 is 0. The van der Waals surface area contributed by atoms with Crippen LogP contribution >= 0.6 is 0 Å². The van der Waals surface area contributed by atoms with Gasteiger partial charge in [0.15, 0.2) is 0 Å². The standard InChI is InChI=1S/C18H25N5O4/c1-20-15(19)17(25)22-12-10-27-14-8-7-13(23(14)18(12)26)16(24)21-9-11-5-3-2-4-6-11/h2-6,12-15,20H,7-10,19H2,1H3,(H,21,24)(H,22,25)/t12-,13?,14-,15+/m0/s1. The first kappa shape index (κ1) is 19.3. The van der Waals surface area contributed by atoms with E-state index in [-0.39, 0.29) is 18.4 Å². The summed E-state index contributed by atoms with van der Waals surface area (Å²) in [7, 11) is 1.55. The Kier molecular flexibility index (Phi) is 6.04. The van der Waals surface area contributed by atoms with Gasteiger partial charge in [-0.25, -0.2) is 0 Å². The van der Waals surface area contributed by atoms with Gasteiger partial charge in [-0.15, -0.1) is 0 Å². The van der Waals surface area contributed by atoms with Crippen molar-refractivity contribution in [2.24, 2.45) is 5.73 Å². The number of carbonyl (C=O) groups is 3. The van der Waals surface area contributed by atoms with E-state index in [0.717, 1.165) is 5.56 Å². The van der Waals surface area contributed by atoms with E-state index in [9.17, 15) is 14.4 Å². The van der Waals surface area contributed by atoms with Crippen molar-refractivity contribution in [1.82, 2.24) is 20.9 Å². The Hall–Kier alpha value is -2.49. The molecule has 0 radical (unpaired) electrons. The van der Waals surface area contributed by atoms with Crippen molar-refractivity contribution in [3.63, 3.8) is 0 Å². The predicted molar refractivity (Wildman–Crippen MR) is 96.9 cm³/mol. The van der Waals surface area contributed by atoms with Crippen molar-refractivity contribution < 1.29 is 19.1 Å². The van der Waals surface area contributed by atoms with E-state index in [4.69, 9.17) is 10.5 Å². The minimum atomic E-state index is -0.918. The van der Waals surface area contributed by atoms with Crippen LogP contribution in [0, 0.1) is 0 Å². The van der Waals surface area contributed by atoms with E-state index in [2.05, 4.69) is 16.0 Å². The lowest BCUT2D eigenvalue weighted by Gasteiger charge is -2.37. The van der Waals surface area contributed by atoms with Gasteiger partial charge < -0.3 is 26.0 Å². The first-order chi connectivity index (χ1) is 13.0. The maximum Gasteiger partial charge on any atom is 0.252 e. The Bertz CT molecular complexity index is 698. The Balaban J connectivity index is 1.62. The van der Waals surface area contributed by atoms with Crippen molar-refractivity contribution in [1.29, 1.82) is 0 Å². The first-order valence-electron chi connectivity index (χ1n) is 9.00. The Morgan fingerprint density at radius 3 is 2.74 bits per heavy atom. The third-order valence-electron chi connectivity index (χ3n) is 4.86. The van der Waals surface area contributed by atoms with Gasteiger partial charge in [-0.3, -0.25) is 19.7 Å². The first-order valence-corrected chi connectivity index (χ1v) is 9.00. The number of ether oxygens (including phenoxy) is 1. The number of rotatable bonds is 6. The van der Waals surface area contributed by atoms with Gasteiger partial charge in [-0.05, 0) is 25.5 Å². The molecule has 4 atom stereocenters. The summed E-state index contributed by atoms with van der Waals surface area (Å²) < 4.78 is 5.69. The zero-order chi connectivity index (χ0) is 19.4. The van der Waals surface area contributed by atoms with Crippen LogP contribution in [0.25, 0.3) is 0 Å². The highest BCUT2D eigenvalue weighted by atomic mass is 16.5. The Morgan fingerprint density at radius 1 is 1.30 bits per heavy atom. The van der Waals surface area contributed by atoms with Gasteiger partial charge in [0.1, 0.15) is 24.5 Å². The van der Waals surface area contributed by atoms with E-state index < -0.39 is 30.4 Å². The molecular formula is C18H25N5O4. The van der Waals surface area contributed by atoms with E-state index >= 15 is 0 Å². The van der Waals surface area contributed by atoms with Crippen molar-refractivity contribution in [2.45, 2.75) is 43.9 Å². The molecule has 3 rings (SSSR count). The molecule has 0 spiro atoms. The van der Waals surface area contributed by atoms with Crippen LogP contribution in [0.5, 0.6) is 0 Å². The molecule has 0 aromatic heterocycles. The van der Waals surface area contributed by atoms with E-state index in [1.165, 1.54) is 4.90 Å². The fraction of sp³-hybridized carbons (Fsp3) is 0.500. The van der Waals surface area contributed by atoms with E-state index in [1.54, 1.807) is 7.05 Å². The molecule has 9 heteroatoms. The van der Waals surface area contributed by atoms with Crippen LogP contribution in [-0.4, -0.2) is 60.8 Å². The second kappa shape index (κ2) is 8.47. The molecule has 2 saturated heterocycles. The lowest BCUT2D eigenvalue weighted by atomic mass is 10.1. The van der Waals surface area contributed by atoms with Crippen LogP contribution in [0.3, 0.4) is 0 Å². The maximum atomic E-state index is 12.8. The normalized spacial score (nSPS) is 25.6. The largest absolute Gasteiger partial charge is 0.356 e. The number of carbonyl (C=O) groups excluding carboxylic acids is 3. The number of likely N-dealkylation sites (N-methyl/N-ethyl adjacent to an activating group) is 1. The highest BCUT2D eigenvalue weighted by Crippen LogP contribution is 2.29. The average Bonchev–Trinajstić information content (AvgIpc) is 3.13. The van der Waals surface area contributed by atoms with Crippen molar-refractivity contribution >= 4 is 17.7 Å². The molecule has 1 aromatic carbocycles. The molecule has 2 fully saturated rings. The zero-order valence-electron chi connectivity index (χ0n) is 15.2. The van der Waals surface area contributed by atoms with Gasteiger partial charge in [0, 0.05) is 6.54 Å². The smallest absolute Gasteiger partial charge is 0.252 e. The molecule has 5 N–H and O–H groups in total. The third-order valence-corrected chi connectivity index (χ3v) is 4.86. The summed E-state index contributed by atoms with van der Waals surface area (Å²) in [4.78, 5) is 38.9. The third kappa shape index (κ3) is 4.26. The Labute approximate surface area is 157 Å². The Morgan fingerprint density at radius 2 is 2.04 bits per heavy atom. The number of nitrogens with zero attached hydrogens (tertiary/aromatic N) is 1. The molecule has 146 valence electrons. The monoisotopic (exact) mass is 375 g/mol. The van der Waals surface area contributed by atoms with Crippen molar-refractivity contribution in [2.75, 3.05) is 13.7 Å². The molecule has 2 aliphatic rings. The molecule has 3 amide bonds. The molecular weight excluding hydrogens is 350 g/mol. The summed E-state index contributed by atoms with van der Waals surface area (Å²) in [5.74, 6) is -1.04. The van der Waals surface area contributed by atoms with Crippen molar-refractivity contribution in [3.05, 3.63) is 35.9 Å². The second-order valence-corrected chi connectivity index (χ2v) is 6.66. The highest BCUT2D eigenvalue weighted by molar-refractivity contribution is 5.94. The molecule has 1 aromatic rings. The molecule has 0 bridgehead atoms. The van der Waals surface area contributed by atoms with Crippen LogP contribution < -0.4 is 21.7 Å². The fourth-order valence-corrected chi connectivity index (χ4v) is 3.35. The number of benzene rings is 1. The van der Waals surface area contributed by atoms with Gasteiger partial charge in [-0.1, -0.05) is 30.3 Å². The summed E-state index contributed by atoms with van der Waals surface area (Å²) in [6, 6.07) is 8.09.